The summed E-state index contributed by atoms with van der Waals surface area (Å²) in [4.78, 5) is 11.3. The van der Waals surface area contributed by atoms with Gasteiger partial charge in [-0.05, 0) is 66.0 Å². The summed E-state index contributed by atoms with van der Waals surface area (Å²) in [6.45, 7) is 2.44. The number of carboxylic acid groups (broad SMARTS) is 1. The highest BCUT2D eigenvalue weighted by molar-refractivity contribution is 5.92. The Labute approximate surface area is 177 Å². The number of hydrogen-bond donors (Lipinski definition) is 2. The summed E-state index contributed by atoms with van der Waals surface area (Å²) in [5.74, 6) is 0.461. The van der Waals surface area contributed by atoms with Gasteiger partial charge in [-0.1, -0.05) is 50.1 Å². The summed E-state index contributed by atoms with van der Waals surface area (Å²) in [6.07, 6.45) is 5.47. The Hall–Kier alpha value is -3.01. The van der Waals surface area contributed by atoms with E-state index < -0.39 is 11.9 Å². The van der Waals surface area contributed by atoms with Crippen molar-refractivity contribution in [3.05, 3.63) is 60.2 Å². The molecule has 0 spiro atoms. The molecule has 1 saturated carbocycles. The fourth-order valence-corrected chi connectivity index (χ4v) is 4.32. The first-order chi connectivity index (χ1) is 14.5. The van der Waals surface area contributed by atoms with E-state index in [0.29, 0.717) is 18.9 Å². The molecule has 0 heterocycles. The van der Waals surface area contributed by atoms with E-state index in [1.807, 2.05) is 42.5 Å². The SMILES string of the molecule is CC(Cc1ccc(OCC2CCCC2)c(-c2ccc3c(O)cccc3c2)c1)C(=O)O. The zero-order chi connectivity index (χ0) is 21.1. The molecule has 0 amide bonds. The second-order valence-corrected chi connectivity index (χ2v) is 8.45. The first-order valence-electron chi connectivity index (χ1n) is 10.7. The molecular weight excluding hydrogens is 376 g/mol. The van der Waals surface area contributed by atoms with Crippen LogP contribution >= 0.6 is 0 Å². The van der Waals surface area contributed by atoms with Crippen LogP contribution in [-0.4, -0.2) is 22.8 Å². The van der Waals surface area contributed by atoms with Crippen molar-refractivity contribution in [2.75, 3.05) is 6.61 Å². The minimum atomic E-state index is -0.792. The van der Waals surface area contributed by atoms with Gasteiger partial charge in [0.25, 0.3) is 0 Å². The highest BCUT2D eigenvalue weighted by atomic mass is 16.5. The number of benzene rings is 3. The number of carbonyl (C=O) groups is 1. The van der Waals surface area contributed by atoms with Crippen LogP contribution in [0.2, 0.25) is 0 Å². The molecule has 0 radical (unpaired) electrons. The molecule has 3 aromatic rings. The van der Waals surface area contributed by atoms with Gasteiger partial charge < -0.3 is 14.9 Å². The highest BCUT2D eigenvalue weighted by Gasteiger charge is 2.18. The molecular formula is C26H28O4. The molecule has 2 N–H and O–H groups in total. The molecule has 0 aliphatic heterocycles. The Kier molecular flexibility index (Phi) is 5.93. The van der Waals surface area contributed by atoms with Crippen molar-refractivity contribution in [2.45, 2.75) is 39.0 Å². The van der Waals surface area contributed by atoms with Gasteiger partial charge in [0, 0.05) is 10.9 Å². The van der Waals surface area contributed by atoms with Gasteiger partial charge in [0.2, 0.25) is 0 Å². The Balaban J connectivity index is 1.70. The predicted octanol–water partition coefficient (Wildman–Crippen LogP) is 6.04. The zero-order valence-corrected chi connectivity index (χ0v) is 17.3. The summed E-state index contributed by atoms with van der Waals surface area (Å²) in [7, 11) is 0. The maximum atomic E-state index is 11.3. The second kappa shape index (κ2) is 8.78. The normalized spacial score (nSPS) is 15.4. The smallest absolute Gasteiger partial charge is 0.306 e. The van der Waals surface area contributed by atoms with Gasteiger partial charge in [-0.25, -0.2) is 0 Å². The van der Waals surface area contributed by atoms with Crippen LogP contribution in [0.4, 0.5) is 0 Å². The van der Waals surface area contributed by atoms with E-state index in [9.17, 15) is 15.0 Å². The quantitative estimate of drug-likeness (QED) is 0.503. The monoisotopic (exact) mass is 404 g/mol. The summed E-state index contributed by atoms with van der Waals surface area (Å²) in [5, 5.41) is 21.2. The van der Waals surface area contributed by atoms with Gasteiger partial charge in [0.15, 0.2) is 0 Å². The first-order valence-corrected chi connectivity index (χ1v) is 10.7. The number of phenolic OH excluding ortho intramolecular Hbond substituents is 1. The largest absolute Gasteiger partial charge is 0.507 e. The molecule has 156 valence electrons. The van der Waals surface area contributed by atoms with Gasteiger partial charge >= 0.3 is 5.97 Å². The van der Waals surface area contributed by atoms with Crippen LogP contribution in [-0.2, 0) is 11.2 Å². The molecule has 1 aliphatic rings. The lowest BCUT2D eigenvalue weighted by Crippen LogP contribution is -2.12. The van der Waals surface area contributed by atoms with Crippen LogP contribution in [0.3, 0.4) is 0 Å². The molecule has 0 aromatic heterocycles. The standard InChI is InChI=1S/C26H28O4/c1-17(26(28)29)13-19-9-12-25(30-16-18-5-2-3-6-18)23(14-19)21-10-11-22-20(15-21)7-4-8-24(22)27/h4,7-12,14-15,17-18,27H,2-3,5-6,13,16H2,1H3,(H,28,29). The van der Waals surface area contributed by atoms with Gasteiger partial charge in [0.1, 0.15) is 11.5 Å². The van der Waals surface area contributed by atoms with Crippen molar-refractivity contribution in [1.82, 2.24) is 0 Å². The van der Waals surface area contributed by atoms with Gasteiger partial charge in [-0.15, -0.1) is 0 Å². The number of phenols is 1. The van der Waals surface area contributed by atoms with Crippen molar-refractivity contribution >= 4 is 16.7 Å². The molecule has 1 atom stereocenters. The van der Waals surface area contributed by atoms with Crippen molar-refractivity contribution in [3.63, 3.8) is 0 Å². The summed E-state index contributed by atoms with van der Waals surface area (Å²) in [6, 6.07) is 17.5. The Bertz CT molecular complexity index is 1050. The second-order valence-electron chi connectivity index (χ2n) is 8.45. The Morgan fingerprint density at radius 3 is 2.67 bits per heavy atom. The number of aliphatic carboxylic acids is 1. The maximum absolute atomic E-state index is 11.3. The Morgan fingerprint density at radius 1 is 1.10 bits per heavy atom. The molecule has 1 unspecified atom stereocenters. The van der Waals surface area contributed by atoms with Gasteiger partial charge in [-0.2, -0.15) is 0 Å². The number of fused-ring (bicyclic) bond motifs is 1. The van der Waals surface area contributed by atoms with Crippen LogP contribution in [0.5, 0.6) is 11.5 Å². The minimum Gasteiger partial charge on any atom is -0.507 e. The number of aromatic hydroxyl groups is 1. The lowest BCUT2D eigenvalue weighted by Gasteiger charge is -2.17. The van der Waals surface area contributed by atoms with E-state index in [1.165, 1.54) is 25.7 Å². The van der Waals surface area contributed by atoms with Gasteiger partial charge in [0.05, 0.1) is 12.5 Å². The minimum absolute atomic E-state index is 0.265. The molecule has 0 bridgehead atoms. The van der Waals surface area contributed by atoms with Gasteiger partial charge in [-0.3, -0.25) is 4.79 Å². The molecule has 1 fully saturated rings. The number of hydrogen-bond acceptors (Lipinski definition) is 3. The third-order valence-electron chi connectivity index (χ3n) is 6.13. The molecule has 1 aliphatic carbocycles. The van der Waals surface area contributed by atoms with E-state index in [-0.39, 0.29) is 5.75 Å². The Morgan fingerprint density at radius 2 is 1.90 bits per heavy atom. The third kappa shape index (κ3) is 4.43. The van der Waals surface area contributed by atoms with Crippen molar-refractivity contribution in [2.24, 2.45) is 11.8 Å². The average Bonchev–Trinajstić information content (AvgIpc) is 3.26. The summed E-state index contributed by atoms with van der Waals surface area (Å²) < 4.78 is 6.25. The first kappa shape index (κ1) is 20.3. The molecule has 0 saturated heterocycles. The molecule has 3 aromatic carbocycles. The summed E-state index contributed by atoms with van der Waals surface area (Å²) in [5.41, 5.74) is 2.94. The fraction of sp³-hybridized carbons (Fsp3) is 0.346. The molecule has 30 heavy (non-hydrogen) atoms. The third-order valence-corrected chi connectivity index (χ3v) is 6.13. The fourth-order valence-electron chi connectivity index (χ4n) is 4.32. The summed E-state index contributed by atoms with van der Waals surface area (Å²) >= 11 is 0. The lowest BCUT2D eigenvalue weighted by atomic mass is 9.95. The van der Waals surface area contributed by atoms with E-state index in [2.05, 4.69) is 6.07 Å². The molecule has 4 rings (SSSR count). The highest BCUT2D eigenvalue weighted by Crippen LogP contribution is 2.36. The topological polar surface area (TPSA) is 66.8 Å². The van der Waals surface area contributed by atoms with Crippen LogP contribution in [0.25, 0.3) is 21.9 Å². The lowest BCUT2D eigenvalue weighted by molar-refractivity contribution is -0.141. The van der Waals surface area contributed by atoms with E-state index in [0.717, 1.165) is 33.2 Å². The number of carboxylic acids is 1. The van der Waals surface area contributed by atoms with Crippen LogP contribution in [0.15, 0.2) is 54.6 Å². The predicted molar refractivity (Wildman–Crippen MR) is 119 cm³/mol. The average molecular weight is 405 g/mol. The molecule has 4 heteroatoms. The van der Waals surface area contributed by atoms with Crippen molar-refractivity contribution < 1.29 is 19.7 Å². The molecule has 4 nitrogen and oxygen atoms in total. The van der Waals surface area contributed by atoms with Crippen molar-refractivity contribution in [1.29, 1.82) is 0 Å². The van der Waals surface area contributed by atoms with Crippen molar-refractivity contribution in [3.8, 4) is 22.6 Å². The number of rotatable bonds is 7. The van der Waals surface area contributed by atoms with E-state index >= 15 is 0 Å². The van der Waals surface area contributed by atoms with Crippen LogP contribution in [0.1, 0.15) is 38.2 Å². The van der Waals surface area contributed by atoms with Crippen LogP contribution in [0, 0.1) is 11.8 Å². The van der Waals surface area contributed by atoms with Crippen LogP contribution < -0.4 is 4.74 Å². The van der Waals surface area contributed by atoms with E-state index in [4.69, 9.17) is 4.74 Å². The number of ether oxygens (including phenoxy) is 1. The van der Waals surface area contributed by atoms with E-state index in [1.54, 1.807) is 13.0 Å². The maximum Gasteiger partial charge on any atom is 0.306 e. The zero-order valence-electron chi connectivity index (χ0n) is 17.3.